The number of aliphatic hydroxyl groups excluding tert-OH is 1. The van der Waals surface area contributed by atoms with Gasteiger partial charge in [0.05, 0.1) is 11.7 Å². The molecule has 0 spiro atoms. The average Bonchev–Trinajstić information content (AvgIpc) is 2.63. The number of carbonyl (C=O) groups excluding carboxylic acids is 1. The third-order valence-electron chi connectivity index (χ3n) is 5.63. The van der Waals surface area contributed by atoms with Crippen molar-refractivity contribution in [2.24, 2.45) is 5.41 Å². The predicted octanol–water partition coefficient (Wildman–Crippen LogP) is 4.90. The second kappa shape index (κ2) is 6.51. The molecule has 2 aliphatic rings. The predicted molar refractivity (Wildman–Crippen MR) is 84.5 cm³/mol. The van der Waals surface area contributed by atoms with Gasteiger partial charge in [0.25, 0.3) is 0 Å². The van der Waals surface area contributed by atoms with Crippen LogP contribution in [-0.4, -0.2) is 17.0 Å². The van der Waals surface area contributed by atoms with Gasteiger partial charge in [-0.3, -0.25) is 4.79 Å². The van der Waals surface area contributed by atoms with Crippen molar-refractivity contribution >= 4 is 11.6 Å². The van der Waals surface area contributed by atoms with E-state index in [2.05, 4.69) is 0 Å². The fourth-order valence-electron chi connectivity index (χ4n) is 4.05. The molecule has 3 rings (SSSR count). The van der Waals surface area contributed by atoms with Crippen LogP contribution in [0.1, 0.15) is 45.1 Å². The number of halogens is 6. The second-order valence-corrected chi connectivity index (χ2v) is 7.17. The zero-order chi connectivity index (χ0) is 20.3. The van der Waals surface area contributed by atoms with Crippen molar-refractivity contribution in [2.45, 2.75) is 45.6 Å². The zero-order valence-electron chi connectivity index (χ0n) is 14.5. The van der Waals surface area contributed by atoms with Crippen LogP contribution in [0, 0.1) is 34.5 Å². The maximum Gasteiger partial charge on any atom is 0.200 e. The van der Waals surface area contributed by atoms with Gasteiger partial charge in [0.1, 0.15) is 5.83 Å². The molecule has 1 N–H and O–H groups in total. The monoisotopic (exact) mass is 390 g/mol. The molecule has 2 atom stereocenters. The van der Waals surface area contributed by atoms with Gasteiger partial charge in [-0.05, 0) is 38.2 Å². The number of carbonyl (C=O) groups is 1. The van der Waals surface area contributed by atoms with Gasteiger partial charge >= 0.3 is 0 Å². The van der Waals surface area contributed by atoms with E-state index in [4.69, 9.17) is 0 Å². The third-order valence-corrected chi connectivity index (χ3v) is 5.63. The molecule has 0 bridgehead atoms. The molecule has 8 heteroatoms. The first-order valence-corrected chi connectivity index (χ1v) is 8.35. The summed E-state index contributed by atoms with van der Waals surface area (Å²) in [5.41, 5.74) is -2.77. The van der Waals surface area contributed by atoms with Crippen LogP contribution in [0.4, 0.5) is 26.3 Å². The average molecular weight is 390 g/mol. The third kappa shape index (κ3) is 2.72. The first kappa shape index (κ1) is 19.7. The van der Waals surface area contributed by atoms with E-state index in [0.29, 0.717) is 24.8 Å². The number of benzene rings is 1. The van der Waals surface area contributed by atoms with Crippen molar-refractivity contribution in [3.8, 4) is 0 Å². The fraction of sp³-hybridized carbons (Fsp3) is 0.421. The van der Waals surface area contributed by atoms with Crippen molar-refractivity contribution < 1.29 is 36.2 Å². The lowest BCUT2D eigenvalue weighted by Crippen LogP contribution is -2.42. The topological polar surface area (TPSA) is 37.3 Å². The van der Waals surface area contributed by atoms with Crippen molar-refractivity contribution in [2.75, 3.05) is 0 Å². The highest BCUT2D eigenvalue weighted by Gasteiger charge is 2.47. The Morgan fingerprint density at radius 3 is 2.11 bits per heavy atom. The summed E-state index contributed by atoms with van der Waals surface area (Å²) in [6.45, 7) is 2.99. The van der Waals surface area contributed by atoms with Gasteiger partial charge in [-0.25, -0.2) is 26.3 Å². The zero-order valence-corrected chi connectivity index (χ0v) is 14.5. The standard InChI is InChI=1S/C19H16F6O2/c1-7-9-4-3-5-10(26)19(9,2)6-8(18(7)27)12(20)11-13(21)15(23)17(25)16(24)14(11)22/h10,26H,3-6H2,1-2H3/t10-,19+/m1/s1. The number of aliphatic hydroxyl groups is 1. The van der Waals surface area contributed by atoms with Crippen LogP contribution in [0.3, 0.4) is 0 Å². The quantitative estimate of drug-likeness (QED) is 0.320. The molecule has 0 saturated heterocycles. The Bertz CT molecular complexity index is 888. The first-order chi connectivity index (χ1) is 12.5. The Balaban J connectivity index is 2.26. The number of hydrogen-bond acceptors (Lipinski definition) is 2. The molecular formula is C19H16F6O2. The molecule has 0 radical (unpaired) electrons. The van der Waals surface area contributed by atoms with Gasteiger partial charge in [0.15, 0.2) is 29.1 Å². The van der Waals surface area contributed by atoms with Crippen molar-refractivity contribution in [1.29, 1.82) is 0 Å². The smallest absolute Gasteiger partial charge is 0.200 e. The molecule has 1 aromatic carbocycles. The Morgan fingerprint density at radius 1 is 1.04 bits per heavy atom. The molecular weight excluding hydrogens is 374 g/mol. The number of ketones is 1. The van der Waals surface area contributed by atoms with Crippen LogP contribution >= 0.6 is 0 Å². The largest absolute Gasteiger partial charge is 0.392 e. The molecule has 2 nitrogen and oxygen atoms in total. The Labute approximate surface area is 151 Å². The summed E-state index contributed by atoms with van der Waals surface area (Å²) in [5, 5.41) is 10.4. The van der Waals surface area contributed by atoms with Gasteiger partial charge in [0.2, 0.25) is 5.82 Å². The normalized spacial score (nSPS) is 27.7. The van der Waals surface area contributed by atoms with Crippen LogP contribution in [-0.2, 0) is 4.79 Å². The van der Waals surface area contributed by atoms with E-state index >= 15 is 0 Å². The molecule has 0 aromatic heterocycles. The van der Waals surface area contributed by atoms with E-state index in [1.807, 2.05) is 0 Å². The number of rotatable bonds is 1. The van der Waals surface area contributed by atoms with Crippen LogP contribution in [0.25, 0.3) is 5.83 Å². The highest BCUT2D eigenvalue weighted by Crippen LogP contribution is 2.51. The minimum absolute atomic E-state index is 0.122. The van der Waals surface area contributed by atoms with Crippen LogP contribution in [0.5, 0.6) is 0 Å². The van der Waals surface area contributed by atoms with Gasteiger partial charge in [-0.15, -0.1) is 0 Å². The van der Waals surface area contributed by atoms with Crippen LogP contribution < -0.4 is 0 Å². The summed E-state index contributed by atoms with van der Waals surface area (Å²) in [5.74, 6) is -14.3. The number of fused-ring (bicyclic) bond motifs is 1. The molecule has 1 aromatic rings. The van der Waals surface area contributed by atoms with Gasteiger partial charge in [-0.1, -0.05) is 12.5 Å². The fourth-order valence-corrected chi connectivity index (χ4v) is 4.05. The van der Waals surface area contributed by atoms with E-state index < -0.39 is 69.8 Å². The molecule has 0 unspecified atom stereocenters. The lowest BCUT2D eigenvalue weighted by atomic mass is 9.61. The lowest BCUT2D eigenvalue weighted by molar-refractivity contribution is -0.113. The van der Waals surface area contributed by atoms with Gasteiger partial charge < -0.3 is 5.11 Å². The number of Topliss-reactive ketones (excluding diaryl/α,β-unsaturated/α-hetero) is 1. The molecule has 27 heavy (non-hydrogen) atoms. The summed E-state index contributed by atoms with van der Waals surface area (Å²) in [6, 6.07) is 0. The van der Waals surface area contributed by atoms with Gasteiger partial charge in [0, 0.05) is 11.0 Å². The van der Waals surface area contributed by atoms with E-state index in [9.17, 15) is 36.2 Å². The van der Waals surface area contributed by atoms with Gasteiger partial charge in [-0.2, -0.15) is 0 Å². The van der Waals surface area contributed by atoms with E-state index in [0.717, 1.165) is 0 Å². The molecule has 0 amide bonds. The molecule has 1 fully saturated rings. The summed E-state index contributed by atoms with van der Waals surface area (Å²) >= 11 is 0. The van der Waals surface area contributed by atoms with E-state index in [1.165, 1.54) is 6.92 Å². The Morgan fingerprint density at radius 2 is 1.56 bits per heavy atom. The summed E-state index contributed by atoms with van der Waals surface area (Å²) in [7, 11) is 0. The lowest BCUT2D eigenvalue weighted by Gasteiger charge is -2.45. The summed E-state index contributed by atoms with van der Waals surface area (Å²) in [6.07, 6.45) is 0.186. The van der Waals surface area contributed by atoms with Crippen LogP contribution in [0.15, 0.2) is 16.7 Å². The van der Waals surface area contributed by atoms with E-state index in [1.54, 1.807) is 6.92 Å². The highest BCUT2D eigenvalue weighted by atomic mass is 19.2. The summed E-state index contributed by atoms with van der Waals surface area (Å²) < 4.78 is 82.9. The molecule has 0 aliphatic heterocycles. The highest BCUT2D eigenvalue weighted by molar-refractivity contribution is 6.13. The number of hydrogen-bond donors (Lipinski definition) is 1. The van der Waals surface area contributed by atoms with Crippen molar-refractivity contribution in [1.82, 2.24) is 0 Å². The maximum absolute atomic E-state index is 14.9. The minimum atomic E-state index is -2.41. The maximum atomic E-state index is 14.9. The van der Waals surface area contributed by atoms with E-state index in [-0.39, 0.29) is 5.57 Å². The van der Waals surface area contributed by atoms with Crippen molar-refractivity contribution in [3.63, 3.8) is 0 Å². The second-order valence-electron chi connectivity index (χ2n) is 7.17. The molecule has 0 heterocycles. The first-order valence-electron chi connectivity index (χ1n) is 8.35. The Hall–Kier alpha value is -2.09. The molecule has 2 aliphatic carbocycles. The SMILES string of the molecule is CC1=C2CCC[C@@H](O)[C@@]2(C)CC(=C(F)c2c(F)c(F)c(F)c(F)c2F)C1=O. The van der Waals surface area contributed by atoms with Crippen molar-refractivity contribution in [3.05, 3.63) is 51.4 Å². The van der Waals surface area contributed by atoms with Crippen LogP contribution in [0.2, 0.25) is 0 Å². The molecule has 146 valence electrons. The Kier molecular flexibility index (Phi) is 4.74. The summed E-state index contributed by atoms with van der Waals surface area (Å²) in [4.78, 5) is 12.6. The number of allylic oxidation sites excluding steroid dienone is 2. The molecule has 1 saturated carbocycles. The minimum Gasteiger partial charge on any atom is -0.392 e.